The second-order valence-electron chi connectivity index (χ2n) is 13.4. The molecule has 0 bridgehead atoms. The monoisotopic (exact) mass is 800 g/mol. The summed E-state index contributed by atoms with van der Waals surface area (Å²) < 4.78 is 33.2. The number of esters is 1. The lowest BCUT2D eigenvalue weighted by Crippen LogP contribution is -2.71. The van der Waals surface area contributed by atoms with Gasteiger partial charge in [0.05, 0.1) is 0 Å². The largest absolute Gasteiger partial charge is 0.489 e. The third-order valence-corrected chi connectivity index (χ3v) is 10.7. The van der Waals surface area contributed by atoms with Gasteiger partial charge < -0.3 is 48.2 Å². The third kappa shape index (κ3) is 7.71. The standard InChI is InChI=1S/C39H32N2O15S/c1-39(2)33(41-34(45)32(35(41)57-39)40-29(44)18-51-19-8-4-3-5-9-19)38(50)54-20(16-52-23-10-6-12-25-30(23)21(42)14-27(55-25)36(46)47)17-53-24-11-7-13-26-31(24)22(43)15-28(56-26)37(48)49/h3-15,20,32-33,35H,16-18H2,1-2H3,(H,40,44)(H,46,47)(H,48,49). The zero-order valence-electron chi connectivity index (χ0n) is 30.0. The van der Waals surface area contributed by atoms with Crippen LogP contribution >= 0.6 is 11.8 Å². The molecule has 3 atom stereocenters. The molecule has 2 saturated heterocycles. The number of carbonyl (C=O) groups excluding carboxylic acids is 3. The number of para-hydroxylation sites is 1. The van der Waals surface area contributed by atoms with E-state index < -0.39 is 93.6 Å². The van der Waals surface area contributed by atoms with Gasteiger partial charge in [-0.3, -0.25) is 19.2 Å². The lowest BCUT2D eigenvalue weighted by molar-refractivity contribution is -0.169. The van der Waals surface area contributed by atoms with Crippen LogP contribution in [0.25, 0.3) is 21.9 Å². The molecular formula is C39H32N2O15S. The molecule has 0 radical (unpaired) electrons. The molecular weight excluding hydrogens is 768 g/mol. The van der Waals surface area contributed by atoms with E-state index in [9.17, 15) is 43.8 Å². The van der Waals surface area contributed by atoms with Crippen molar-refractivity contribution in [1.29, 1.82) is 0 Å². The quantitative estimate of drug-likeness (QED) is 0.108. The summed E-state index contributed by atoms with van der Waals surface area (Å²) in [5, 5.41) is 20.6. The maximum Gasteiger partial charge on any atom is 0.371 e. The predicted octanol–water partition coefficient (Wildman–Crippen LogP) is 3.29. The summed E-state index contributed by atoms with van der Waals surface area (Å²) in [4.78, 5) is 90.4. The Labute approximate surface area is 325 Å². The van der Waals surface area contributed by atoms with Gasteiger partial charge in [-0.2, -0.15) is 0 Å². The number of amides is 2. The lowest BCUT2D eigenvalue weighted by atomic mass is 9.96. The van der Waals surface area contributed by atoms with Gasteiger partial charge in [0.1, 0.15) is 69.9 Å². The number of carboxylic acid groups (broad SMARTS) is 2. The van der Waals surface area contributed by atoms with Gasteiger partial charge in [0.15, 0.2) is 23.6 Å². The smallest absolute Gasteiger partial charge is 0.371 e. The molecule has 7 rings (SSSR count). The molecule has 0 aliphatic carbocycles. The number of thioether (sulfide) groups is 1. The van der Waals surface area contributed by atoms with Crippen LogP contribution in [-0.2, 0) is 19.1 Å². The Morgan fingerprint density at radius 2 is 1.33 bits per heavy atom. The van der Waals surface area contributed by atoms with Crippen LogP contribution in [0.2, 0.25) is 0 Å². The van der Waals surface area contributed by atoms with Gasteiger partial charge >= 0.3 is 17.9 Å². The van der Waals surface area contributed by atoms with E-state index in [4.69, 9.17) is 27.8 Å². The number of benzene rings is 3. The molecule has 2 aliphatic rings. The minimum absolute atomic E-state index is 0.0317. The first-order chi connectivity index (χ1) is 27.2. The van der Waals surface area contributed by atoms with Crippen LogP contribution in [-0.4, -0.2) is 93.0 Å². The number of fused-ring (bicyclic) bond motifs is 3. The minimum Gasteiger partial charge on any atom is -0.489 e. The molecule has 4 heterocycles. The Bertz CT molecular complexity index is 2440. The highest BCUT2D eigenvalue weighted by Crippen LogP contribution is 2.51. The molecule has 2 amide bonds. The van der Waals surface area contributed by atoms with E-state index >= 15 is 0 Å². The fraction of sp³-hybridized carbons (Fsp3) is 0.256. The van der Waals surface area contributed by atoms with E-state index in [2.05, 4.69) is 5.32 Å². The summed E-state index contributed by atoms with van der Waals surface area (Å²) in [5.41, 5.74) is -1.58. The topological polar surface area (TPSA) is 238 Å². The van der Waals surface area contributed by atoms with Gasteiger partial charge in [0.25, 0.3) is 5.91 Å². The number of β-lactam (4-membered cyclic amide) rings is 1. The normalized spacial score (nSPS) is 18.1. The molecule has 57 heavy (non-hydrogen) atoms. The van der Waals surface area contributed by atoms with Gasteiger partial charge in [-0.25, -0.2) is 14.4 Å². The van der Waals surface area contributed by atoms with Crippen LogP contribution in [0.1, 0.15) is 35.0 Å². The number of aromatic carboxylic acids is 2. The zero-order chi connectivity index (χ0) is 40.6. The number of carboxylic acids is 2. The average Bonchev–Trinajstić information content (AvgIpc) is 3.44. The van der Waals surface area contributed by atoms with Crippen LogP contribution in [0.15, 0.2) is 97.3 Å². The van der Waals surface area contributed by atoms with Crippen LogP contribution in [0.3, 0.4) is 0 Å². The molecule has 0 saturated carbocycles. The third-order valence-electron chi connectivity index (χ3n) is 9.08. The van der Waals surface area contributed by atoms with Crippen molar-refractivity contribution in [2.24, 2.45) is 0 Å². The maximum atomic E-state index is 14.1. The van der Waals surface area contributed by atoms with E-state index in [1.807, 2.05) is 0 Å². The molecule has 3 unspecified atom stereocenters. The van der Waals surface area contributed by atoms with Crippen LogP contribution in [0.5, 0.6) is 17.2 Å². The SMILES string of the molecule is CC1(C)SC2C(NC(=O)COc3ccccc3)C(=O)N2C1C(=O)OC(COc1cccc2oc(C(=O)O)cc(=O)c12)COc1cccc2oc(C(=O)O)cc(=O)c12. The fourth-order valence-corrected chi connectivity index (χ4v) is 8.15. The Morgan fingerprint density at radius 3 is 1.86 bits per heavy atom. The van der Waals surface area contributed by atoms with E-state index in [0.29, 0.717) is 5.75 Å². The number of ether oxygens (including phenoxy) is 4. The van der Waals surface area contributed by atoms with Crippen molar-refractivity contribution in [3.8, 4) is 17.2 Å². The molecule has 5 aromatic rings. The summed E-state index contributed by atoms with van der Waals surface area (Å²) in [6, 6.07) is 16.7. The highest BCUT2D eigenvalue weighted by atomic mass is 32.2. The number of nitrogens with zero attached hydrogens (tertiary/aromatic N) is 1. The van der Waals surface area contributed by atoms with Crippen molar-refractivity contribution in [2.75, 3.05) is 19.8 Å². The molecule has 294 valence electrons. The summed E-state index contributed by atoms with van der Waals surface area (Å²) in [6.45, 7) is 2.25. The minimum atomic E-state index is -1.45. The van der Waals surface area contributed by atoms with Crippen LogP contribution < -0.4 is 30.4 Å². The predicted molar refractivity (Wildman–Crippen MR) is 200 cm³/mol. The molecule has 0 spiro atoms. The Morgan fingerprint density at radius 1 is 0.789 bits per heavy atom. The first-order valence-corrected chi connectivity index (χ1v) is 18.1. The van der Waals surface area contributed by atoms with E-state index in [1.54, 1.807) is 44.2 Å². The molecule has 18 heteroatoms. The van der Waals surface area contributed by atoms with Gasteiger partial charge in [-0.05, 0) is 50.2 Å². The summed E-state index contributed by atoms with van der Waals surface area (Å²) in [5.74, 6) is -5.54. The van der Waals surface area contributed by atoms with Crippen molar-refractivity contribution in [3.05, 3.63) is 111 Å². The molecule has 17 nitrogen and oxygen atoms in total. The van der Waals surface area contributed by atoms with E-state index in [1.165, 1.54) is 53.1 Å². The highest BCUT2D eigenvalue weighted by molar-refractivity contribution is 8.01. The number of hydrogen-bond acceptors (Lipinski definition) is 14. The highest BCUT2D eigenvalue weighted by Gasteiger charge is 2.64. The second-order valence-corrected chi connectivity index (χ2v) is 15.2. The summed E-state index contributed by atoms with van der Waals surface area (Å²) in [7, 11) is 0. The van der Waals surface area contributed by atoms with Crippen molar-refractivity contribution >= 4 is 63.4 Å². The molecule has 2 fully saturated rings. The fourth-order valence-electron chi connectivity index (χ4n) is 6.52. The Kier molecular flexibility index (Phi) is 10.4. The first kappa shape index (κ1) is 38.5. The van der Waals surface area contributed by atoms with E-state index in [-0.39, 0.29) is 40.0 Å². The van der Waals surface area contributed by atoms with Crippen LogP contribution in [0.4, 0.5) is 0 Å². The van der Waals surface area contributed by atoms with Crippen molar-refractivity contribution in [2.45, 2.75) is 42.2 Å². The zero-order valence-corrected chi connectivity index (χ0v) is 30.8. The maximum absolute atomic E-state index is 14.1. The van der Waals surface area contributed by atoms with Crippen LogP contribution in [0, 0.1) is 0 Å². The van der Waals surface area contributed by atoms with Gasteiger partial charge in [-0.15, -0.1) is 11.8 Å². The molecule has 3 aromatic carbocycles. The van der Waals surface area contributed by atoms with Gasteiger partial charge in [-0.1, -0.05) is 30.3 Å². The number of nitrogens with one attached hydrogen (secondary N) is 1. The number of hydrogen-bond donors (Lipinski definition) is 3. The van der Waals surface area contributed by atoms with Gasteiger partial charge in [0, 0.05) is 16.9 Å². The number of rotatable bonds is 14. The number of carbonyl (C=O) groups is 5. The van der Waals surface area contributed by atoms with Crippen molar-refractivity contribution in [3.63, 3.8) is 0 Å². The van der Waals surface area contributed by atoms with Gasteiger partial charge in [0.2, 0.25) is 17.4 Å². The first-order valence-electron chi connectivity index (χ1n) is 17.3. The Balaban J connectivity index is 1.11. The van der Waals surface area contributed by atoms with Crippen molar-refractivity contribution in [1.82, 2.24) is 10.2 Å². The van der Waals surface area contributed by atoms with Crippen molar-refractivity contribution < 1.29 is 62.0 Å². The van der Waals surface area contributed by atoms with E-state index in [0.717, 1.165) is 12.1 Å². The molecule has 2 aliphatic heterocycles. The molecule has 3 N–H and O–H groups in total. The lowest BCUT2D eigenvalue weighted by Gasteiger charge is -2.44. The Hall–Kier alpha value is -6.82. The average molecular weight is 801 g/mol. The second kappa shape index (κ2) is 15.4. The molecule has 2 aromatic heterocycles. The summed E-state index contributed by atoms with van der Waals surface area (Å²) in [6.07, 6.45) is -1.28. The summed E-state index contributed by atoms with van der Waals surface area (Å²) >= 11 is 1.29.